The molecule has 3 rings (SSSR count). The Hall–Kier alpha value is -2.98. The maximum Gasteiger partial charge on any atom is 0.204 e. The Morgan fingerprint density at radius 3 is 2.41 bits per heavy atom. The van der Waals surface area contributed by atoms with E-state index in [1.54, 1.807) is 12.1 Å². The molecule has 1 heterocycles. The molecule has 0 aliphatic heterocycles. The number of hydrogen-bond donors (Lipinski definition) is 0. The SMILES string of the molecule is CN(C)CCN(C)c1ccc(/C=C/C(=O)c2ccc3ccccc3n2)cc1. The third-order valence-electron chi connectivity index (χ3n) is 4.49. The molecule has 0 N–H and O–H groups in total. The zero-order chi connectivity index (χ0) is 19.2. The van der Waals surface area contributed by atoms with Gasteiger partial charge in [-0.2, -0.15) is 0 Å². The molecule has 0 spiro atoms. The van der Waals surface area contributed by atoms with Gasteiger partial charge in [0.1, 0.15) is 5.69 Å². The molecule has 0 bridgehead atoms. The van der Waals surface area contributed by atoms with E-state index in [0.717, 1.165) is 35.2 Å². The van der Waals surface area contributed by atoms with E-state index in [-0.39, 0.29) is 5.78 Å². The van der Waals surface area contributed by atoms with Gasteiger partial charge in [-0.1, -0.05) is 42.5 Å². The Bertz CT molecular complexity index is 945. The molecule has 0 aliphatic carbocycles. The molecule has 0 unspecified atom stereocenters. The lowest BCUT2D eigenvalue weighted by Crippen LogP contribution is -2.28. The van der Waals surface area contributed by atoms with Crippen molar-refractivity contribution in [1.82, 2.24) is 9.88 Å². The van der Waals surface area contributed by atoms with Crippen LogP contribution in [-0.2, 0) is 0 Å². The highest BCUT2D eigenvalue weighted by molar-refractivity contribution is 6.06. The molecule has 0 saturated heterocycles. The first kappa shape index (κ1) is 18.8. The number of rotatable bonds is 7. The van der Waals surface area contributed by atoms with Crippen LogP contribution in [0.5, 0.6) is 0 Å². The molecular weight excluding hydrogens is 334 g/mol. The van der Waals surface area contributed by atoms with Crippen LogP contribution in [0, 0.1) is 0 Å². The van der Waals surface area contributed by atoms with Crippen molar-refractivity contribution in [2.75, 3.05) is 39.1 Å². The summed E-state index contributed by atoms with van der Waals surface area (Å²) in [5, 5.41) is 1.03. The molecule has 0 radical (unpaired) electrons. The third kappa shape index (κ3) is 5.02. The number of carbonyl (C=O) groups is 1. The summed E-state index contributed by atoms with van der Waals surface area (Å²) in [5.41, 5.74) is 3.46. The Morgan fingerprint density at radius 2 is 1.67 bits per heavy atom. The van der Waals surface area contributed by atoms with Gasteiger partial charge in [-0.25, -0.2) is 4.98 Å². The van der Waals surface area contributed by atoms with Crippen LogP contribution < -0.4 is 4.90 Å². The second-order valence-electron chi connectivity index (χ2n) is 6.90. The molecule has 138 valence electrons. The molecule has 4 heteroatoms. The fourth-order valence-corrected chi connectivity index (χ4v) is 2.78. The molecule has 0 aliphatic rings. The normalized spacial score (nSPS) is 11.4. The van der Waals surface area contributed by atoms with E-state index in [2.05, 4.69) is 48.1 Å². The van der Waals surface area contributed by atoms with E-state index >= 15 is 0 Å². The molecule has 27 heavy (non-hydrogen) atoms. The number of aromatic nitrogens is 1. The van der Waals surface area contributed by atoms with Crippen LogP contribution >= 0.6 is 0 Å². The van der Waals surface area contributed by atoms with Gasteiger partial charge in [0, 0.05) is 31.2 Å². The van der Waals surface area contributed by atoms with E-state index in [9.17, 15) is 4.79 Å². The quantitative estimate of drug-likeness (QED) is 0.469. The number of hydrogen-bond acceptors (Lipinski definition) is 4. The average molecular weight is 359 g/mol. The zero-order valence-corrected chi connectivity index (χ0v) is 16.1. The van der Waals surface area contributed by atoms with E-state index in [4.69, 9.17) is 0 Å². The molecule has 0 saturated carbocycles. The van der Waals surface area contributed by atoms with E-state index in [1.165, 1.54) is 0 Å². The highest BCUT2D eigenvalue weighted by Gasteiger charge is 2.05. The van der Waals surface area contributed by atoms with Gasteiger partial charge in [-0.3, -0.25) is 4.79 Å². The lowest BCUT2D eigenvalue weighted by molar-refractivity contribution is 0.104. The van der Waals surface area contributed by atoms with Gasteiger partial charge < -0.3 is 9.80 Å². The minimum absolute atomic E-state index is 0.0899. The van der Waals surface area contributed by atoms with Gasteiger partial charge in [0.2, 0.25) is 5.78 Å². The van der Waals surface area contributed by atoms with Gasteiger partial charge >= 0.3 is 0 Å². The molecule has 1 aromatic heterocycles. The first-order chi connectivity index (χ1) is 13.0. The summed E-state index contributed by atoms with van der Waals surface area (Å²) < 4.78 is 0. The molecule has 0 amide bonds. The number of allylic oxidation sites excluding steroid dienone is 1. The number of nitrogens with zero attached hydrogens (tertiary/aromatic N) is 3. The topological polar surface area (TPSA) is 36.4 Å². The van der Waals surface area contributed by atoms with Crippen molar-refractivity contribution in [3.63, 3.8) is 0 Å². The summed E-state index contributed by atoms with van der Waals surface area (Å²) in [5.74, 6) is -0.0899. The monoisotopic (exact) mass is 359 g/mol. The van der Waals surface area contributed by atoms with Gasteiger partial charge in [-0.15, -0.1) is 0 Å². The van der Waals surface area contributed by atoms with Crippen molar-refractivity contribution < 1.29 is 4.79 Å². The van der Waals surface area contributed by atoms with Crippen molar-refractivity contribution in [3.8, 4) is 0 Å². The summed E-state index contributed by atoms with van der Waals surface area (Å²) in [7, 11) is 6.23. The van der Waals surface area contributed by atoms with E-state index < -0.39 is 0 Å². The fraction of sp³-hybridized carbons (Fsp3) is 0.217. The summed E-state index contributed by atoms with van der Waals surface area (Å²) in [6.45, 7) is 1.97. The minimum atomic E-state index is -0.0899. The number of para-hydroxylation sites is 1. The lowest BCUT2D eigenvalue weighted by atomic mass is 10.1. The van der Waals surface area contributed by atoms with Crippen LogP contribution in [-0.4, -0.2) is 49.9 Å². The maximum absolute atomic E-state index is 12.4. The summed E-state index contributed by atoms with van der Waals surface area (Å²) in [6, 6.07) is 19.7. The number of fused-ring (bicyclic) bond motifs is 1. The number of likely N-dealkylation sites (N-methyl/N-ethyl adjacent to an activating group) is 2. The Kier molecular flexibility index (Phi) is 5.99. The van der Waals surface area contributed by atoms with Crippen LogP contribution in [0.3, 0.4) is 0 Å². The fourth-order valence-electron chi connectivity index (χ4n) is 2.78. The van der Waals surface area contributed by atoms with E-state index in [0.29, 0.717) is 5.69 Å². The molecule has 2 aromatic carbocycles. The number of ketones is 1. The van der Waals surface area contributed by atoms with Gasteiger partial charge in [0.05, 0.1) is 5.52 Å². The number of carbonyl (C=O) groups excluding carboxylic acids is 1. The van der Waals surface area contributed by atoms with Gasteiger partial charge in [-0.05, 0) is 50.0 Å². The van der Waals surface area contributed by atoms with Crippen molar-refractivity contribution in [2.24, 2.45) is 0 Å². The van der Waals surface area contributed by atoms with Crippen LogP contribution in [0.4, 0.5) is 5.69 Å². The number of anilines is 1. The highest BCUT2D eigenvalue weighted by atomic mass is 16.1. The van der Waals surface area contributed by atoms with Gasteiger partial charge in [0.15, 0.2) is 0 Å². The smallest absolute Gasteiger partial charge is 0.204 e. The molecule has 0 atom stereocenters. The largest absolute Gasteiger partial charge is 0.373 e. The second-order valence-corrected chi connectivity index (χ2v) is 6.90. The van der Waals surface area contributed by atoms with Crippen molar-refractivity contribution in [1.29, 1.82) is 0 Å². The first-order valence-corrected chi connectivity index (χ1v) is 9.07. The van der Waals surface area contributed by atoms with Crippen molar-refractivity contribution in [3.05, 3.63) is 78.0 Å². The molecular formula is C23H25N3O. The molecule has 0 fully saturated rings. The number of benzene rings is 2. The number of pyridine rings is 1. The standard InChI is InChI=1S/C23H25N3O/c1-25(2)16-17-26(3)20-12-8-18(9-13-20)10-15-23(27)22-14-11-19-6-4-5-7-21(19)24-22/h4-15H,16-17H2,1-3H3/b15-10+. The van der Waals surface area contributed by atoms with E-state index in [1.807, 2.05) is 48.5 Å². The minimum Gasteiger partial charge on any atom is -0.373 e. The Labute approximate surface area is 160 Å². The first-order valence-electron chi connectivity index (χ1n) is 9.07. The second kappa shape index (κ2) is 8.60. The molecule has 3 aromatic rings. The summed E-state index contributed by atoms with van der Waals surface area (Å²) >= 11 is 0. The highest BCUT2D eigenvalue weighted by Crippen LogP contribution is 2.16. The predicted octanol–water partition coefficient (Wildman–Crippen LogP) is 4.13. The van der Waals surface area contributed by atoms with Gasteiger partial charge in [0.25, 0.3) is 0 Å². The summed E-state index contributed by atoms with van der Waals surface area (Å²) in [6.07, 6.45) is 3.42. The van der Waals surface area contributed by atoms with Crippen LogP contribution in [0.15, 0.2) is 66.7 Å². The zero-order valence-electron chi connectivity index (χ0n) is 16.1. The third-order valence-corrected chi connectivity index (χ3v) is 4.49. The molecule has 4 nitrogen and oxygen atoms in total. The van der Waals surface area contributed by atoms with Crippen molar-refractivity contribution >= 4 is 28.4 Å². The summed E-state index contributed by atoms with van der Waals surface area (Å²) in [4.78, 5) is 21.3. The van der Waals surface area contributed by atoms with Crippen molar-refractivity contribution in [2.45, 2.75) is 0 Å². The Balaban J connectivity index is 1.66. The maximum atomic E-state index is 12.4. The van der Waals surface area contributed by atoms with Crippen LogP contribution in [0.2, 0.25) is 0 Å². The van der Waals surface area contributed by atoms with Crippen LogP contribution in [0.25, 0.3) is 17.0 Å². The lowest BCUT2D eigenvalue weighted by Gasteiger charge is -2.21. The Morgan fingerprint density at radius 1 is 0.926 bits per heavy atom. The van der Waals surface area contributed by atoms with Crippen LogP contribution in [0.1, 0.15) is 16.1 Å². The average Bonchev–Trinajstić information content (AvgIpc) is 2.70. The predicted molar refractivity (Wildman–Crippen MR) is 113 cm³/mol.